The Bertz CT molecular complexity index is 168. The zero-order valence-corrected chi connectivity index (χ0v) is 8.26. The Balaban J connectivity index is 3.51. The molecular formula is C9H17NO3. The van der Waals surface area contributed by atoms with Gasteiger partial charge in [0.15, 0.2) is 0 Å². The number of carbonyl (C=O) groups is 2. The van der Waals surface area contributed by atoms with E-state index >= 15 is 0 Å². The fourth-order valence-corrected chi connectivity index (χ4v) is 0.711. The predicted octanol–water partition coefficient (Wildman–Crippen LogP) is 0.856. The van der Waals surface area contributed by atoms with E-state index < -0.39 is 11.9 Å². The maximum Gasteiger partial charge on any atom is 0.396 e. The molecule has 0 rings (SSSR count). The fourth-order valence-electron chi connectivity index (χ4n) is 0.711. The minimum absolute atomic E-state index is 0.306. The van der Waals surface area contributed by atoms with Crippen LogP contribution in [0.2, 0.25) is 0 Å². The lowest BCUT2D eigenvalue weighted by atomic mass is 10.3. The van der Waals surface area contributed by atoms with E-state index in [0.717, 1.165) is 19.3 Å². The van der Waals surface area contributed by atoms with Crippen LogP contribution in [0.5, 0.6) is 0 Å². The van der Waals surface area contributed by atoms with E-state index in [0.29, 0.717) is 13.2 Å². The lowest BCUT2D eigenvalue weighted by molar-refractivity contribution is -0.154. The smallest absolute Gasteiger partial charge is 0.396 e. The summed E-state index contributed by atoms with van der Waals surface area (Å²) in [5, 5.41) is 2.48. The van der Waals surface area contributed by atoms with E-state index in [1.807, 2.05) is 13.8 Å². The first-order chi connectivity index (χ1) is 6.22. The topological polar surface area (TPSA) is 55.4 Å². The second-order valence-corrected chi connectivity index (χ2v) is 2.75. The number of rotatable bonds is 5. The summed E-state index contributed by atoms with van der Waals surface area (Å²) < 4.78 is 4.63. The molecule has 13 heavy (non-hydrogen) atoms. The van der Waals surface area contributed by atoms with Gasteiger partial charge in [-0.1, -0.05) is 20.3 Å². The van der Waals surface area contributed by atoms with Crippen molar-refractivity contribution in [3.05, 3.63) is 0 Å². The molecule has 0 saturated carbocycles. The summed E-state index contributed by atoms with van der Waals surface area (Å²) in [7, 11) is 0. The Morgan fingerprint density at radius 2 is 1.92 bits per heavy atom. The van der Waals surface area contributed by atoms with E-state index in [1.165, 1.54) is 0 Å². The van der Waals surface area contributed by atoms with Crippen molar-refractivity contribution in [2.45, 2.75) is 33.1 Å². The van der Waals surface area contributed by atoms with E-state index in [1.54, 1.807) is 0 Å². The number of esters is 1. The molecule has 4 nitrogen and oxygen atoms in total. The third-order valence-electron chi connectivity index (χ3n) is 1.44. The van der Waals surface area contributed by atoms with Crippen LogP contribution < -0.4 is 5.32 Å². The van der Waals surface area contributed by atoms with Gasteiger partial charge in [0.25, 0.3) is 0 Å². The highest BCUT2D eigenvalue weighted by atomic mass is 16.5. The van der Waals surface area contributed by atoms with Gasteiger partial charge in [0, 0.05) is 6.54 Å². The number of carbonyl (C=O) groups excluding carboxylic acids is 2. The molecule has 0 aromatic heterocycles. The molecular weight excluding hydrogens is 170 g/mol. The van der Waals surface area contributed by atoms with E-state index in [9.17, 15) is 9.59 Å². The maximum absolute atomic E-state index is 10.9. The molecule has 0 spiro atoms. The van der Waals surface area contributed by atoms with Crippen molar-refractivity contribution in [3.8, 4) is 0 Å². The van der Waals surface area contributed by atoms with Gasteiger partial charge in [-0.15, -0.1) is 0 Å². The number of nitrogens with one attached hydrogen (secondary N) is 1. The highest BCUT2D eigenvalue weighted by Crippen LogP contribution is 1.85. The highest BCUT2D eigenvalue weighted by Gasteiger charge is 2.13. The first kappa shape index (κ1) is 11.9. The summed E-state index contributed by atoms with van der Waals surface area (Å²) in [6.07, 6.45) is 2.60. The van der Waals surface area contributed by atoms with Gasteiger partial charge in [-0.25, -0.2) is 4.79 Å². The molecule has 0 heterocycles. The number of hydrogen-bond acceptors (Lipinski definition) is 3. The Hall–Kier alpha value is -1.06. The van der Waals surface area contributed by atoms with Crippen molar-refractivity contribution in [3.63, 3.8) is 0 Å². The van der Waals surface area contributed by atoms with Gasteiger partial charge in [0.05, 0.1) is 6.61 Å². The van der Waals surface area contributed by atoms with Crippen LogP contribution in [0.1, 0.15) is 33.1 Å². The summed E-state index contributed by atoms with van der Waals surface area (Å²) in [5.74, 6) is -1.42. The summed E-state index contributed by atoms with van der Waals surface area (Å²) in [5.41, 5.74) is 0. The molecule has 4 heteroatoms. The molecule has 0 saturated heterocycles. The largest absolute Gasteiger partial charge is 0.459 e. The van der Waals surface area contributed by atoms with Gasteiger partial charge in [0.1, 0.15) is 0 Å². The van der Waals surface area contributed by atoms with Gasteiger partial charge < -0.3 is 10.1 Å². The second-order valence-electron chi connectivity index (χ2n) is 2.75. The van der Waals surface area contributed by atoms with Crippen molar-refractivity contribution in [2.24, 2.45) is 0 Å². The number of unbranched alkanes of at least 4 members (excludes halogenated alkanes) is 1. The molecule has 0 atom stereocenters. The molecule has 0 bridgehead atoms. The quantitative estimate of drug-likeness (QED) is 0.394. The molecule has 0 unspecified atom stereocenters. The Kier molecular flexibility index (Phi) is 6.96. The van der Waals surface area contributed by atoms with Crippen molar-refractivity contribution in [1.82, 2.24) is 5.32 Å². The Labute approximate surface area is 78.6 Å². The van der Waals surface area contributed by atoms with Crippen molar-refractivity contribution in [2.75, 3.05) is 13.2 Å². The van der Waals surface area contributed by atoms with Crippen LogP contribution in [0.3, 0.4) is 0 Å². The lowest BCUT2D eigenvalue weighted by Gasteiger charge is -2.03. The van der Waals surface area contributed by atoms with Crippen LogP contribution in [0.4, 0.5) is 0 Å². The minimum atomic E-state index is -0.780. The third kappa shape index (κ3) is 6.13. The SMILES string of the molecule is CCCCNC(=O)C(=O)OCCC. The Morgan fingerprint density at radius 3 is 2.46 bits per heavy atom. The molecule has 0 radical (unpaired) electrons. The zero-order chi connectivity index (χ0) is 10.1. The average molecular weight is 187 g/mol. The summed E-state index contributed by atoms with van der Waals surface area (Å²) >= 11 is 0. The van der Waals surface area contributed by atoms with E-state index in [-0.39, 0.29) is 0 Å². The molecule has 76 valence electrons. The van der Waals surface area contributed by atoms with Gasteiger partial charge in [-0.05, 0) is 12.8 Å². The molecule has 0 aliphatic rings. The van der Waals surface area contributed by atoms with Gasteiger partial charge in [-0.3, -0.25) is 4.79 Å². The molecule has 0 aromatic rings. The van der Waals surface area contributed by atoms with Crippen LogP contribution >= 0.6 is 0 Å². The van der Waals surface area contributed by atoms with Gasteiger partial charge in [0.2, 0.25) is 0 Å². The van der Waals surface area contributed by atoms with Crippen molar-refractivity contribution < 1.29 is 14.3 Å². The molecule has 1 amide bonds. The first-order valence-corrected chi connectivity index (χ1v) is 4.67. The van der Waals surface area contributed by atoms with Crippen LogP contribution in [0, 0.1) is 0 Å². The van der Waals surface area contributed by atoms with E-state index in [4.69, 9.17) is 0 Å². The maximum atomic E-state index is 10.9. The van der Waals surface area contributed by atoms with Crippen LogP contribution in [0.25, 0.3) is 0 Å². The third-order valence-corrected chi connectivity index (χ3v) is 1.44. The standard InChI is InChI=1S/C9H17NO3/c1-3-5-6-10-8(11)9(12)13-7-4-2/h3-7H2,1-2H3,(H,10,11). The molecule has 0 aliphatic heterocycles. The number of amides is 1. The van der Waals surface area contributed by atoms with Gasteiger partial charge >= 0.3 is 11.9 Å². The van der Waals surface area contributed by atoms with E-state index in [2.05, 4.69) is 10.1 Å². The molecule has 0 aliphatic carbocycles. The minimum Gasteiger partial charge on any atom is -0.459 e. The fraction of sp³-hybridized carbons (Fsp3) is 0.778. The molecule has 0 fully saturated rings. The Morgan fingerprint density at radius 1 is 1.23 bits per heavy atom. The molecule has 0 aromatic carbocycles. The zero-order valence-electron chi connectivity index (χ0n) is 8.26. The number of hydrogen-bond donors (Lipinski definition) is 1. The summed E-state index contributed by atoms with van der Waals surface area (Å²) in [4.78, 5) is 21.8. The summed E-state index contributed by atoms with van der Waals surface area (Å²) in [6.45, 7) is 4.74. The normalized spacial score (nSPS) is 9.38. The second kappa shape index (κ2) is 7.58. The van der Waals surface area contributed by atoms with Crippen LogP contribution in [0.15, 0.2) is 0 Å². The van der Waals surface area contributed by atoms with Crippen LogP contribution in [-0.2, 0) is 14.3 Å². The first-order valence-electron chi connectivity index (χ1n) is 4.67. The van der Waals surface area contributed by atoms with Crippen molar-refractivity contribution >= 4 is 11.9 Å². The highest BCUT2D eigenvalue weighted by molar-refractivity contribution is 6.32. The average Bonchev–Trinajstić information content (AvgIpc) is 2.14. The summed E-state index contributed by atoms with van der Waals surface area (Å²) in [6, 6.07) is 0. The van der Waals surface area contributed by atoms with Crippen LogP contribution in [-0.4, -0.2) is 25.0 Å². The lowest BCUT2D eigenvalue weighted by Crippen LogP contribution is -2.33. The van der Waals surface area contributed by atoms with Gasteiger partial charge in [-0.2, -0.15) is 0 Å². The number of ether oxygens (including phenoxy) is 1. The van der Waals surface area contributed by atoms with Crippen molar-refractivity contribution in [1.29, 1.82) is 0 Å². The predicted molar refractivity (Wildman–Crippen MR) is 49.2 cm³/mol. The monoisotopic (exact) mass is 187 g/mol. The molecule has 1 N–H and O–H groups in total.